The Kier molecular flexibility index (Phi) is 4.80. The number of benzene rings is 1. The third-order valence-corrected chi connectivity index (χ3v) is 4.44. The number of nitrogens with zero attached hydrogens (tertiary/aromatic N) is 2. The van der Waals surface area contributed by atoms with Gasteiger partial charge < -0.3 is 19.6 Å². The number of ether oxygens (including phenoxy) is 1. The van der Waals surface area contributed by atoms with Gasteiger partial charge in [0.05, 0.1) is 5.56 Å². The Balaban J connectivity index is 1.60. The van der Waals surface area contributed by atoms with E-state index in [1.807, 2.05) is 0 Å². The minimum Gasteiger partial charge on any atom is -0.478 e. The smallest absolute Gasteiger partial charge is 0.335 e. The third-order valence-electron chi connectivity index (χ3n) is 4.44. The molecular formula is C17H20N2O5. The lowest BCUT2D eigenvalue weighted by Crippen LogP contribution is -2.52. The van der Waals surface area contributed by atoms with Crippen LogP contribution in [0.4, 0.5) is 0 Å². The molecule has 24 heavy (non-hydrogen) atoms. The SMILES string of the molecule is O=C(O)c1cccc(C(=O)N2CCN(C(=O)C3CCCO3)CC2)c1. The maximum Gasteiger partial charge on any atom is 0.335 e. The largest absolute Gasteiger partial charge is 0.478 e. The predicted octanol–water partition coefficient (Wildman–Crippen LogP) is 0.848. The van der Waals surface area contributed by atoms with Gasteiger partial charge in [-0.3, -0.25) is 9.59 Å². The summed E-state index contributed by atoms with van der Waals surface area (Å²) < 4.78 is 5.42. The number of carboxylic acid groups (broad SMARTS) is 1. The van der Waals surface area contributed by atoms with Crippen LogP contribution in [0.5, 0.6) is 0 Å². The van der Waals surface area contributed by atoms with Gasteiger partial charge >= 0.3 is 5.97 Å². The van der Waals surface area contributed by atoms with Crippen molar-refractivity contribution in [2.45, 2.75) is 18.9 Å². The zero-order chi connectivity index (χ0) is 17.1. The number of hydrogen-bond donors (Lipinski definition) is 1. The zero-order valence-electron chi connectivity index (χ0n) is 13.3. The molecule has 0 spiro atoms. The molecule has 1 aromatic carbocycles. The molecule has 0 radical (unpaired) electrons. The normalized spacial score (nSPS) is 20.9. The second-order valence-electron chi connectivity index (χ2n) is 6.01. The molecule has 0 aromatic heterocycles. The highest BCUT2D eigenvalue weighted by Gasteiger charge is 2.31. The van der Waals surface area contributed by atoms with Gasteiger partial charge in [0.1, 0.15) is 6.10 Å². The standard InChI is InChI=1S/C17H20N2O5/c20-15(12-3-1-4-13(11-12)17(22)23)18-6-8-19(9-7-18)16(21)14-5-2-10-24-14/h1,3-4,11,14H,2,5-10H2,(H,22,23). The lowest BCUT2D eigenvalue weighted by atomic mass is 10.1. The fourth-order valence-electron chi connectivity index (χ4n) is 3.07. The van der Waals surface area contributed by atoms with Gasteiger partial charge in [0.2, 0.25) is 0 Å². The summed E-state index contributed by atoms with van der Waals surface area (Å²) in [5.74, 6) is -1.26. The number of rotatable bonds is 3. The van der Waals surface area contributed by atoms with E-state index >= 15 is 0 Å². The lowest BCUT2D eigenvalue weighted by molar-refractivity contribution is -0.142. The van der Waals surface area contributed by atoms with Gasteiger partial charge in [-0.1, -0.05) is 6.07 Å². The van der Waals surface area contributed by atoms with Crippen molar-refractivity contribution in [3.8, 4) is 0 Å². The van der Waals surface area contributed by atoms with Gasteiger partial charge in [-0.05, 0) is 31.0 Å². The van der Waals surface area contributed by atoms with Crippen LogP contribution in [0, 0.1) is 0 Å². The quantitative estimate of drug-likeness (QED) is 0.887. The topological polar surface area (TPSA) is 87.2 Å². The minimum absolute atomic E-state index is 0.00692. The van der Waals surface area contributed by atoms with Crippen molar-refractivity contribution in [1.82, 2.24) is 9.80 Å². The van der Waals surface area contributed by atoms with Crippen LogP contribution in [0.1, 0.15) is 33.6 Å². The Morgan fingerprint density at radius 3 is 2.33 bits per heavy atom. The molecule has 2 fully saturated rings. The van der Waals surface area contributed by atoms with Gasteiger partial charge in [0, 0.05) is 38.3 Å². The van der Waals surface area contributed by atoms with Crippen molar-refractivity contribution in [2.75, 3.05) is 32.8 Å². The minimum atomic E-state index is -1.06. The molecule has 7 nitrogen and oxygen atoms in total. The second-order valence-corrected chi connectivity index (χ2v) is 6.01. The molecule has 0 bridgehead atoms. The average Bonchev–Trinajstić information content (AvgIpc) is 3.15. The molecule has 2 aliphatic rings. The monoisotopic (exact) mass is 332 g/mol. The number of hydrogen-bond acceptors (Lipinski definition) is 4. The molecule has 1 N–H and O–H groups in total. The number of carbonyl (C=O) groups is 3. The molecule has 1 unspecified atom stereocenters. The molecule has 0 aliphatic carbocycles. The van der Waals surface area contributed by atoms with Crippen molar-refractivity contribution in [1.29, 1.82) is 0 Å². The summed E-state index contributed by atoms with van der Waals surface area (Å²) in [4.78, 5) is 39.2. The number of piperazine rings is 1. The summed E-state index contributed by atoms with van der Waals surface area (Å²) in [5, 5.41) is 9.02. The van der Waals surface area contributed by atoms with Gasteiger partial charge in [-0.15, -0.1) is 0 Å². The molecule has 1 atom stereocenters. The first-order chi connectivity index (χ1) is 11.6. The summed E-state index contributed by atoms with van der Waals surface area (Å²) in [6.45, 7) is 2.46. The first-order valence-corrected chi connectivity index (χ1v) is 8.09. The molecule has 7 heteroatoms. The molecule has 3 rings (SSSR count). The van der Waals surface area contributed by atoms with E-state index in [0.29, 0.717) is 38.3 Å². The Bertz CT molecular complexity index is 646. The third kappa shape index (κ3) is 3.41. The highest BCUT2D eigenvalue weighted by atomic mass is 16.5. The Morgan fingerprint density at radius 2 is 1.71 bits per heavy atom. The fraction of sp³-hybridized carbons (Fsp3) is 0.471. The maximum atomic E-state index is 12.5. The first-order valence-electron chi connectivity index (χ1n) is 8.09. The van der Waals surface area contributed by atoms with E-state index in [1.54, 1.807) is 21.9 Å². The summed E-state index contributed by atoms with van der Waals surface area (Å²) in [6, 6.07) is 6.01. The molecular weight excluding hydrogens is 312 g/mol. The van der Waals surface area contributed by atoms with Crippen LogP contribution in [-0.2, 0) is 9.53 Å². The Morgan fingerprint density at radius 1 is 1.04 bits per heavy atom. The summed E-state index contributed by atoms with van der Waals surface area (Å²) in [5.41, 5.74) is 0.446. The van der Waals surface area contributed by atoms with Crippen molar-refractivity contribution >= 4 is 17.8 Å². The average molecular weight is 332 g/mol. The van der Waals surface area contributed by atoms with Crippen LogP contribution in [0.3, 0.4) is 0 Å². The maximum absolute atomic E-state index is 12.5. The molecule has 2 aliphatic heterocycles. The van der Waals surface area contributed by atoms with E-state index in [-0.39, 0.29) is 23.5 Å². The number of carbonyl (C=O) groups excluding carboxylic acids is 2. The van der Waals surface area contributed by atoms with Crippen LogP contribution in [0.25, 0.3) is 0 Å². The molecule has 128 valence electrons. The Labute approximate surface area is 139 Å². The van der Waals surface area contributed by atoms with Crippen LogP contribution in [-0.4, -0.2) is 71.6 Å². The van der Waals surface area contributed by atoms with Gasteiger partial charge in [-0.25, -0.2) is 4.79 Å². The predicted molar refractivity (Wildman–Crippen MR) is 84.9 cm³/mol. The van der Waals surface area contributed by atoms with Gasteiger partial charge in [0.15, 0.2) is 0 Å². The van der Waals surface area contributed by atoms with Crippen molar-refractivity contribution < 1.29 is 24.2 Å². The van der Waals surface area contributed by atoms with Crippen molar-refractivity contribution in [3.05, 3.63) is 35.4 Å². The van der Waals surface area contributed by atoms with Gasteiger partial charge in [0.25, 0.3) is 11.8 Å². The summed E-state index contributed by atoms with van der Waals surface area (Å²) >= 11 is 0. The van der Waals surface area contributed by atoms with Gasteiger partial charge in [-0.2, -0.15) is 0 Å². The van der Waals surface area contributed by atoms with Crippen LogP contribution >= 0.6 is 0 Å². The van der Waals surface area contributed by atoms with E-state index in [2.05, 4.69) is 0 Å². The van der Waals surface area contributed by atoms with E-state index in [1.165, 1.54) is 12.1 Å². The summed E-state index contributed by atoms with van der Waals surface area (Å²) in [7, 11) is 0. The molecule has 0 saturated carbocycles. The van der Waals surface area contributed by atoms with E-state index in [9.17, 15) is 14.4 Å². The number of aromatic carboxylic acids is 1. The Hall–Kier alpha value is -2.41. The lowest BCUT2D eigenvalue weighted by Gasteiger charge is -2.35. The van der Waals surface area contributed by atoms with Crippen molar-refractivity contribution in [3.63, 3.8) is 0 Å². The molecule has 1 aromatic rings. The highest BCUT2D eigenvalue weighted by molar-refractivity contribution is 5.97. The molecule has 2 amide bonds. The molecule has 2 heterocycles. The van der Waals surface area contributed by atoms with Crippen LogP contribution in [0.2, 0.25) is 0 Å². The van der Waals surface area contributed by atoms with Crippen LogP contribution in [0.15, 0.2) is 24.3 Å². The van der Waals surface area contributed by atoms with E-state index in [0.717, 1.165) is 12.8 Å². The zero-order valence-corrected chi connectivity index (χ0v) is 13.3. The van der Waals surface area contributed by atoms with Crippen LogP contribution < -0.4 is 0 Å². The summed E-state index contributed by atoms with van der Waals surface area (Å²) in [6.07, 6.45) is 1.34. The van der Waals surface area contributed by atoms with E-state index in [4.69, 9.17) is 9.84 Å². The first kappa shape index (κ1) is 16.4. The number of amides is 2. The highest BCUT2D eigenvalue weighted by Crippen LogP contribution is 2.17. The van der Waals surface area contributed by atoms with Crippen molar-refractivity contribution in [2.24, 2.45) is 0 Å². The number of carboxylic acids is 1. The van der Waals surface area contributed by atoms with E-state index < -0.39 is 5.97 Å². The second kappa shape index (κ2) is 7.00. The fourth-order valence-corrected chi connectivity index (χ4v) is 3.07. The molecule has 2 saturated heterocycles.